The van der Waals surface area contributed by atoms with E-state index >= 15 is 0 Å². The third-order valence-electron chi connectivity index (χ3n) is 2.42. The first-order valence-corrected chi connectivity index (χ1v) is 5.69. The molecule has 5 heteroatoms. The van der Waals surface area contributed by atoms with E-state index in [1.165, 1.54) is 25.1 Å². The highest BCUT2D eigenvalue weighted by Gasteiger charge is 2.12. The number of benzene rings is 1. The van der Waals surface area contributed by atoms with Crippen molar-refractivity contribution in [2.45, 2.75) is 20.3 Å². The molecule has 0 spiro atoms. The first kappa shape index (κ1) is 13.9. The van der Waals surface area contributed by atoms with Crippen LogP contribution in [0.4, 0.5) is 0 Å². The van der Waals surface area contributed by atoms with E-state index in [0.29, 0.717) is 12.1 Å². The van der Waals surface area contributed by atoms with E-state index in [2.05, 4.69) is 5.32 Å². The first-order valence-electron chi connectivity index (χ1n) is 5.69. The number of carbonyl (C=O) groups excluding carboxylic acids is 3. The molecule has 0 radical (unpaired) electrons. The molecule has 0 bridgehead atoms. The topological polar surface area (TPSA) is 89.3 Å². The molecule has 18 heavy (non-hydrogen) atoms. The molecule has 0 saturated heterocycles. The van der Waals surface area contributed by atoms with Crippen molar-refractivity contribution in [3.63, 3.8) is 0 Å². The summed E-state index contributed by atoms with van der Waals surface area (Å²) < 4.78 is 0. The van der Waals surface area contributed by atoms with Crippen molar-refractivity contribution in [2.24, 2.45) is 5.73 Å². The van der Waals surface area contributed by atoms with Crippen LogP contribution < -0.4 is 11.1 Å². The molecule has 0 aliphatic carbocycles. The third-order valence-corrected chi connectivity index (χ3v) is 2.42. The average Bonchev–Trinajstić information content (AvgIpc) is 2.35. The zero-order valence-electron chi connectivity index (χ0n) is 10.4. The largest absolute Gasteiger partial charge is 0.366 e. The Hall–Kier alpha value is -2.17. The second-order valence-corrected chi connectivity index (χ2v) is 3.98. The zero-order chi connectivity index (χ0) is 13.7. The number of nitrogens with two attached hydrogens (primary N) is 1. The van der Waals surface area contributed by atoms with Gasteiger partial charge < -0.3 is 11.1 Å². The summed E-state index contributed by atoms with van der Waals surface area (Å²) in [4.78, 5) is 34.2. The quantitative estimate of drug-likeness (QED) is 0.765. The van der Waals surface area contributed by atoms with E-state index in [1.54, 1.807) is 0 Å². The van der Waals surface area contributed by atoms with Crippen LogP contribution in [0.3, 0.4) is 0 Å². The molecule has 0 heterocycles. The molecular formula is C13H16N2O3. The summed E-state index contributed by atoms with van der Waals surface area (Å²) in [6.07, 6.45) is 0.806. The Morgan fingerprint density at radius 1 is 1.11 bits per heavy atom. The molecule has 0 aromatic heterocycles. The lowest BCUT2D eigenvalue weighted by Gasteiger charge is -2.07. The SMILES string of the molecule is CCCNC(=O)c1cc(C(C)=O)cc(C(N)=O)c1. The molecule has 2 amide bonds. The Kier molecular flexibility index (Phi) is 4.59. The third kappa shape index (κ3) is 3.41. The Morgan fingerprint density at radius 2 is 1.67 bits per heavy atom. The second kappa shape index (κ2) is 5.95. The van der Waals surface area contributed by atoms with Gasteiger partial charge in [0.05, 0.1) is 0 Å². The molecule has 1 aromatic carbocycles. The molecule has 5 nitrogen and oxygen atoms in total. The summed E-state index contributed by atoms with van der Waals surface area (Å²) in [5.41, 5.74) is 5.89. The Bertz CT molecular complexity index is 463. The maximum Gasteiger partial charge on any atom is 0.251 e. The van der Waals surface area contributed by atoms with E-state index in [1.807, 2.05) is 6.92 Å². The van der Waals surface area contributed by atoms with E-state index in [0.717, 1.165) is 6.42 Å². The number of amides is 2. The van der Waals surface area contributed by atoms with E-state index in [-0.39, 0.29) is 22.8 Å². The van der Waals surface area contributed by atoms with Gasteiger partial charge in [-0.2, -0.15) is 0 Å². The van der Waals surface area contributed by atoms with Crippen molar-refractivity contribution in [2.75, 3.05) is 6.54 Å². The summed E-state index contributed by atoms with van der Waals surface area (Å²) in [6.45, 7) is 3.84. The van der Waals surface area contributed by atoms with Gasteiger partial charge >= 0.3 is 0 Å². The van der Waals surface area contributed by atoms with Gasteiger partial charge in [-0.25, -0.2) is 0 Å². The predicted octanol–water partition coefficient (Wildman–Crippen LogP) is 1.13. The van der Waals surface area contributed by atoms with Crippen LogP contribution >= 0.6 is 0 Å². The lowest BCUT2D eigenvalue weighted by atomic mass is 10.0. The van der Waals surface area contributed by atoms with Crippen molar-refractivity contribution in [1.29, 1.82) is 0 Å². The van der Waals surface area contributed by atoms with Crippen LogP contribution in [0.15, 0.2) is 18.2 Å². The van der Waals surface area contributed by atoms with E-state index in [4.69, 9.17) is 5.73 Å². The minimum Gasteiger partial charge on any atom is -0.366 e. The second-order valence-electron chi connectivity index (χ2n) is 3.98. The van der Waals surface area contributed by atoms with Crippen LogP contribution in [-0.4, -0.2) is 24.1 Å². The van der Waals surface area contributed by atoms with Crippen LogP contribution in [0.2, 0.25) is 0 Å². The number of hydrogen-bond donors (Lipinski definition) is 2. The minimum atomic E-state index is -0.664. The minimum absolute atomic E-state index is 0.157. The molecule has 3 N–H and O–H groups in total. The number of carbonyl (C=O) groups is 3. The van der Waals surface area contributed by atoms with Gasteiger partial charge in [0, 0.05) is 23.2 Å². The molecule has 96 valence electrons. The lowest BCUT2D eigenvalue weighted by Crippen LogP contribution is -2.25. The molecule has 1 rings (SSSR count). The van der Waals surface area contributed by atoms with E-state index in [9.17, 15) is 14.4 Å². The van der Waals surface area contributed by atoms with Crippen molar-refractivity contribution < 1.29 is 14.4 Å². The summed E-state index contributed by atoms with van der Waals surface area (Å²) in [5, 5.41) is 2.68. The molecule has 0 aliphatic heterocycles. The van der Waals surface area contributed by atoms with Gasteiger partial charge in [0.25, 0.3) is 5.91 Å². The Balaban J connectivity index is 3.14. The van der Waals surface area contributed by atoms with Gasteiger partial charge in [-0.15, -0.1) is 0 Å². The van der Waals surface area contributed by atoms with Gasteiger partial charge in [0.15, 0.2) is 5.78 Å². The zero-order valence-corrected chi connectivity index (χ0v) is 10.4. The fourth-order valence-corrected chi connectivity index (χ4v) is 1.44. The number of ketones is 1. The van der Waals surface area contributed by atoms with Crippen LogP contribution in [-0.2, 0) is 0 Å². The first-order chi connectivity index (χ1) is 8.45. The molecule has 0 unspecified atom stereocenters. The molecular weight excluding hydrogens is 232 g/mol. The smallest absolute Gasteiger partial charge is 0.251 e. The molecule has 1 aromatic rings. The van der Waals surface area contributed by atoms with Gasteiger partial charge in [0.1, 0.15) is 0 Å². The van der Waals surface area contributed by atoms with Crippen LogP contribution in [0.25, 0.3) is 0 Å². The van der Waals surface area contributed by atoms with Crippen LogP contribution in [0.5, 0.6) is 0 Å². The normalized spacial score (nSPS) is 9.89. The van der Waals surface area contributed by atoms with Crippen LogP contribution in [0, 0.1) is 0 Å². The van der Waals surface area contributed by atoms with Gasteiger partial charge in [-0.05, 0) is 31.5 Å². The predicted molar refractivity (Wildman–Crippen MR) is 67.6 cm³/mol. The maximum absolute atomic E-state index is 11.8. The number of Topliss-reactive ketones (excluding diaryl/α,β-unsaturated/α-hetero) is 1. The lowest BCUT2D eigenvalue weighted by molar-refractivity contribution is 0.0953. The molecule has 0 saturated carbocycles. The number of primary amides is 1. The number of hydrogen-bond acceptors (Lipinski definition) is 3. The fourth-order valence-electron chi connectivity index (χ4n) is 1.44. The summed E-state index contributed by atoms with van der Waals surface area (Å²) in [5.74, 6) is -1.20. The average molecular weight is 248 g/mol. The number of rotatable bonds is 5. The fraction of sp³-hybridized carbons (Fsp3) is 0.308. The summed E-state index contributed by atoms with van der Waals surface area (Å²) >= 11 is 0. The van der Waals surface area contributed by atoms with Crippen molar-refractivity contribution in [3.8, 4) is 0 Å². The summed E-state index contributed by atoms with van der Waals surface area (Å²) in [6, 6.07) is 4.24. The van der Waals surface area contributed by atoms with Crippen molar-refractivity contribution in [1.82, 2.24) is 5.32 Å². The van der Waals surface area contributed by atoms with Crippen LogP contribution in [0.1, 0.15) is 51.3 Å². The highest BCUT2D eigenvalue weighted by molar-refractivity contribution is 6.04. The Labute approximate surface area is 105 Å². The highest BCUT2D eigenvalue weighted by Crippen LogP contribution is 2.11. The van der Waals surface area contributed by atoms with Gasteiger partial charge in [0.2, 0.25) is 5.91 Å². The summed E-state index contributed by atoms with van der Waals surface area (Å²) in [7, 11) is 0. The van der Waals surface area contributed by atoms with Gasteiger partial charge in [-0.3, -0.25) is 14.4 Å². The Morgan fingerprint density at radius 3 is 2.17 bits per heavy atom. The van der Waals surface area contributed by atoms with Crippen molar-refractivity contribution >= 4 is 17.6 Å². The number of nitrogens with one attached hydrogen (secondary N) is 1. The van der Waals surface area contributed by atoms with Gasteiger partial charge in [-0.1, -0.05) is 6.92 Å². The standard InChI is InChI=1S/C13H16N2O3/c1-3-4-15-13(18)11-6-9(8(2)16)5-10(7-11)12(14)17/h5-7H,3-4H2,1-2H3,(H2,14,17)(H,15,18). The molecule has 0 fully saturated rings. The maximum atomic E-state index is 11.8. The van der Waals surface area contributed by atoms with E-state index < -0.39 is 5.91 Å². The monoisotopic (exact) mass is 248 g/mol. The molecule has 0 atom stereocenters. The van der Waals surface area contributed by atoms with Crippen molar-refractivity contribution in [3.05, 3.63) is 34.9 Å². The highest BCUT2D eigenvalue weighted by atomic mass is 16.2. The molecule has 0 aliphatic rings.